The third kappa shape index (κ3) is 3.07. The summed E-state index contributed by atoms with van der Waals surface area (Å²) in [4.78, 5) is 2.59. The third-order valence-corrected chi connectivity index (χ3v) is 3.32. The standard InChI is InChI=1S/C14H21N/c1-2-6-13-9-10-15(11-13)12-14-7-4-3-5-8-14/h3-5,7-8,13H,2,6,9-12H2,1H3/t13-/m0/s1. The van der Waals surface area contributed by atoms with E-state index in [1.165, 1.54) is 37.9 Å². The van der Waals surface area contributed by atoms with Gasteiger partial charge >= 0.3 is 0 Å². The first-order valence-electron chi connectivity index (χ1n) is 6.14. The maximum atomic E-state index is 2.59. The lowest BCUT2D eigenvalue weighted by Crippen LogP contribution is -2.19. The van der Waals surface area contributed by atoms with E-state index in [4.69, 9.17) is 0 Å². The molecule has 82 valence electrons. The summed E-state index contributed by atoms with van der Waals surface area (Å²) in [5.74, 6) is 0.957. The van der Waals surface area contributed by atoms with Crippen molar-refractivity contribution in [3.63, 3.8) is 0 Å². The first-order valence-corrected chi connectivity index (χ1v) is 6.14. The Kier molecular flexibility index (Phi) is 3.79. The minimum atomic E-state index is 0.957. The van der Waals surface area contributed by atoms with E-state index in [2.05, 4.69) is 42.2 Å². The molecule has 0 N–H and O–H groups in total. The molecule has 2 rings (SSSR count). The van der Waals surface area contributed by atoms with Gasteiger partial charge in [0.15, 0.2) is 0 Å². The lowest BCUT2D eigenvalue weighted by atomic mass is 10.0. The van der Waals surface area contributed by atoms with Gasteiger partial charge in [0.2, 0.25) is 0 Å². The zero-order valence-electron chi connectivity index (χ0n) is 9.65. The van der Waals surface area contributed by atoms with Gasteiger partial charge in [0.05, 0.1) is 0 Å². The van der Waals surface area contributed by atoms with E-state index in [-0.39, 0.29) is 0 Å². The molecule has 15 heavy (non-hydrogen) atoms. The van der Waals surface area contributed by atoms with Crippen molar-refractivity contribution in [2.24, 2.45) is 5.92 Å². The second kappa shape index (κ2) is 5.32. The lowest BCUT2D eigenvalue weighted by molar-refractivity contribution is 0.313. The Hall–Kier alpha value is -0.820. The molecule has 1 saturated heterocycles. The van der Waals surface area contributed by atoms with Crippen LogP contribution in [0.2, 0.25) is 0 Å². The summed E-state index contributed by atoms with van der Waals surface area (Å²) in [7, 11) is 0. The predicted molar refractivity (Wildman–Crippen MR) is 64.7 cm³/mol. The molecule has 1 aromatic carbocycles. The first-order chi connectivity index (χ1) is 7.38. The molecule has 1 heteroatoms. The number of likely N-dealkylation sites (tertiary alicyclic amines) is 1. The largest absolute Gasteiger partial charge is 0.299 e. The highest BCUT2D eigenvalue weighted by Gasteiger charge is 2.21. The normalized spacial score (nSPS) is 22.1. The van der Waals surface area contributed by atoms with Gasteiger partial charge in [-0.15, -0.1) is 0 Å². The quantitative estimate of drug-likeness (QED) is 0.725. The van der Waals surface area contributed by atoms with Gasteiger partial charge in [0.25, 0.3) is 0 Å². The maximum absolute atomic E-state index is 2.59. The van der Waals surface area contributed by atoms with Crippen LogP contribution in [-0.4, -0.2) is 18.0 Å². The molecule has 1 aromatic rings. The van der Waals surface area contributed by atoms with Gasteiger partial charge in [-0.1, -0.05) is 43.7 Å². The van der Waals surface area contributed by atoms with Crippen LogP contribution in [-0.2, 0) is 6.54 Å². The Morgan fingerprint density at radius 2 is 2.07 bits per heavy atom. The zero-order chi connectivity index (χ0) is 10.5. The Bertz CT molecular complexity index is 281. The SMILES string of the molecule is CCC[C@H]1CCN(Cc2ccccc2)C1. The highest BCUT2D eigenvalue weighted by atomic mass is 15.1. The molecule has 0 aromatic heterocycles. The zero-order valence-corrected chi connectivity index (χ0v) is 9.65. The Morgan fingerprint density at radius 1 is 1.27 bits per heavy atom. The summed E-state index contributed by atoms with van der Waals surface area (Å²) in [5.41, 5.74) is 1.45. The van der Waals surface area contributed by atoms with Gasteiger partial charge in [0.1, 0.15) is 0 Å². The molecule has 1 nitrogen and oxygen atoms in total. The Morgan fingerprint density at radius 3 is 2.80 bits per heavy atom. The van der Waals surface area contributed by atoms with Crippen molar-refractivity contribution in [3.05, 3.63) is 35.9 Å². The number of hydrogen-bond acceptors (Lipinski definition) is 1. The smallest absolute Gasteiger partial charge is 0.0233 e. The second-order valence-electron chi connectivity index (χ2n) is 4.66. The van der Waals surface area contributed by atoms with E-state index in [0.29, 0.717) is 0 Å². The minimum Gasteiger partial charge on any atom is -0.299 e. The number of rotatable bonds is 4. The molecule has 0 aliphatic carbocycles. The summed E-state index contributed by atoms with van der Waals surface area (Å²) in [6, 6.07) is 10.8. The molecule has 1 fully saturated rings. The van der Waals surface area contributed by atoms with Crippen molar-refractivity contribution in [2.75, 3.05) is 13.1 Å². The van der Waals surface area contributed by atoms with Crippen molar-refractivity contribution in [2.45, 2.75) is 32.7 Å². The van der Waals surface area contributed by atoms with Crippen LogP contribution >= 0.6 is 0 Å². The van der Waals surface area contributed by atoms with Crippen LogP contribution in [0.1, 0.15) is 31.7 Å². The van der Waals surface area contributed by atoms with Gasteiger partial charge in [0, 0.05) is 13.1 Å². The fraction of sp³-hybridized carbons (Fsp3) is 0.571. The third-order valence-electron chi connectivity index (χ3n) is 3.32. The number of nitrogens with zero attached hydrogens (tertiary/aromatic N) is 1. The van der Waals surface area contributed by atoms with E-state index in [1.807, 2.05) is 0 Å². The molecule has 0 saturated carbocycles. The molecule has 1 heterocycles. The number of hydrogen-bond donors (Lipinski definition) is 0. The fourth-order valence-electron chi connectivity index (χ4n) is 2.54. The summed E-state index contributed by atoms with van der Waals surface area (Å²) in [5, 5.41) is 0. The Balaban J connectivity index is 1.82. The molecular formula is C14H21N. The van der Waals surface area contributed by atoms with Crippen molar-refractivity contribution in [1.29, 1.82) is 0 Å². The summed E-state index contributed by atoms with van der Waals surface area (Å²) < 4.78 is 0. The van der Waals surface area contributed by atoms with Gasteiger partial charge in [-0.3, -0.25) is 4.90 Å². The average molecular weight is 203 g/mol. The van der Waals surface area contributed by atoms with Crippen LogP contribution in [0, 0.1) is 5.92 Å². The van der Waals surface area contributed by atoms with Crippen LogP contribution in [0.5, 0.6) is 0 Å². The van der Waals surface area contributed by atoms with Gasteiger partial charge in [-0.05, 0) is 30.9 Å². The van der Waals surface area contributed by atoms with E-state index < -0.39 is 0 Å². The van der Waals surface area contributed by atoms with Crippen LogP contribution in [0.3, 0.4) is 0 Å². The fourth-order valence-corrected chi connectivity index (χ4v) is 2.54. The predicted octanol–water partition coefficient (Wildman–Crippen LogP) is 3.31. The van der Waals surface area contributed by atoms with E-state index in [0.717, 1.165) is 12.5 Å². The first kappa shape index (κ1) is 10.7. The van der Waals surface area contributed by atoms with E-state index in [9.17, 15) is 0 Å². The Labute approximate surface area is 93.1 Å². The number of benzene rings is 1. The molecule has 0 spiro atoms. The maximum Gasteiger partial charge on any atom is 0.0233 e. The summed E-state index contributed by atoms with van der Waals surface area (Å²) in [6.45, 7) is 6.03. The van der Waals surface area contributed by atoms with E-state index in [1.54, 1.807) is 0 Å². The molecular weight excluding hydrogens is 182 g/mol. The van der Waals surface area contributed by atoms with E-state index >= 15 is 0 Å². The molecule has 1 atom stereocenters. The van der Waals surface area contributed by atoms with Crippen molar-refractivity contribution >= 4 is 0 Å². The summed E-state index contributed by atoms with van der Waals surface area (Å²) in [6.07, 6.45) is 4.15. The molecule has 1 aliphatic rings. The monoisotopic (exact) mass is 203 g/mol. The van der Waals surface area contributed by atoms with Crippen molar-refractivity contribution in [3.8, 4) is 0 Å². The van der Waals surface area contributed by atoms with Crippen LogP contribution in [0.25, 0.3) is 0 Å². The van der Waals surface area contributed by atoms with Crippen LogP contribution in [0.15, 0.2) is 30.3 Å². The van der Waals surface area contributed by atoms with Crippen molar-refractivity contribution in [1.82, 2.24) is 4.90 Å². The van der Waals surface area contributed by atoms with Gasteiger partial charge in [-0.25, -0.2) is 0 Å². The summed E-state index contributed by atoms with van der Waals surface area (Å²) >= 11 is 0. The molecule has 1 aliphatic heterocycles. The molecule has 0 radical (unpaired) electrons. The molecule has 0 bridgehead atoms. The highest BCUT2D eigenvalue weighted by molar-refractivity contribution is 5.14. The van der Waals surface area contributed by atoms with Crippen LogP contribution < -0.4 is 0 Å². The van der Waals surface area contributed by atoms with Crippen LogP contribution in [0.4, 0.5) is 0 Å². The van der Waals surface area contributed by atoms with Gasteiger partial charge in [-0.2, -0.15) is 0 Å². The van der Waals surface area contributed by atoms with Gasteiger partial charge < -0.3 is 0 Å². The highest BCUT2D eigenvalue weighted by Crippen LogP contribution is 2.22. The second-order valence-corrected chi connectivity index (χ2v) is 4.66. The van der Waals surface area contributed by atoms with Crippen molar-refractivity contribution < 1.29 is 0 Å². The lowest BCUT2D eigenvalue weighted by Gasteiger charge is -2.15. The average Bonchev–Trinajstić information content (AvgIpc) is 2.68. The topological polar surface area (TPSA) is 3.24 Å². The molecule has 0 unspecified atom stereocenters. The molecule has 0 amide bonds. The minimum absolute atomic E-state index is 0.957.